The predicted molar refractivity (Wildman–Crippen MR) is 178 cm³/mol. The minimum absolute atomic E-state index is 0.0147. The lowest BCUT2D eigenvalue weighted by Crippen LogP contribution is -2.51. The van der Waals surface area contributed by atoms with E-state index in [1.807, 2.05) is 103 Å². The van der Waals surface area contributed by atoms with Gasteiger partial charge in [0.1, 0.15) is 6.04 Å². The molecule has 1 saturated heterocycles. The van der Waals surface area contributed by atoms with Crippen molar-refractivity contribution in [2.45, 2.75) is 36.9 Å². The fraction of sp³-hybridized carbons (Fsp3) is 0.270. The van der Waals surface area contributed by atoms with E-state index in [1.54, 1.807) is 12.1 Å². The molecular weight excluding hydrogens is 580 g/mol. The van der Waals surface area contributed by atoms with E-state index in [0.717, 1.165) is 23.1 Å². The quantitative estimate of drug-likeness (QED) is 0.179. The molecule has 46 heavy (non-hydrogen) atoms. The van der Waals surface area contributed by atoms with Gasteiger partial charge in [-0.2, -0.15) is 0 Å². The number of ether oxygens (including phenoxy) is 2. The van der Waals surface area contributed by atoms with E-state index in [0.29, 0.717) is 37.4 Å². The molecule has 4 N–H and O–H groups in total. The van der Waals surface area contributed by atoms with Crippen LogP contribution < -0.4 is 21.3 Å². The summed E-state index contributed by atoms with van der Waals surface area (Å²) < 4.78 is 11.0. The molecule has 238 valence electrons. The average Bonchev–Trinajstić information content (AvgIpc) is 3.11. The van der Waals surface area contributed by atoms with Gasteiger partial charge in [0, 0.05) is 36.3 Å². The molecule has 0 aliphatic carbocycles. The van der Waals surface area contributed by atoms with E-state index < -0.39 is 18.1 Å². The van der Waals surface area contributed by atoms with Gasteiger partial charge in [0.15, 0.2) is 0 Å². The van der Waals surface area contributed by atoms with Crippen molar-refractivity contribution >= 4 is 23.6 Å². The summed E-state index contributed by atoms with van der Waals surface area (Å²) in [6.45, 7) is 1.61. The Kier molecular flexibility index (Phi) is 11.5. The Morgan fingerprint density at radius 1 is 0.848 bits per heavy atom. The number of amides is 3. The normalized spacial score (nSPS) is 16.7. The molecule has 3 atom stereocenters. The van der Waals surface area contributed by atoms with Crippen molar-refractivity contribution in [1.82, 2.24) is 16.0 Å². The molecule has 9 nitrogen and oxygen atoms in total. The molecule has 0 radical (unpaired) electrons. The molecule has 0 unspecified atom stereocenters. The molecular formula is C37H40N4O5. The van der Waals surface area contributed by atoms with Crippen LogP contribution in [-0.2, 0) is 20.7 Å². The number of aryl methyl sites for hydroxylation is 1. The van der Waals surface area contributed by atoms with Gasteiger partial charge < -0.3 is 30.7 Å². The molecule has 4 aromatic rings. The first-order chi connectivity index (χ1) is 22.5. The summed E-state index contributed by atoms with van der Waals surface area (Å²) in [6.07, 6.45) is 0.710. The van der Waals surface area contributed by atoms with Crippen molar-refractivity contribution < 1.29 is 23.9 Å². The maximum Gasteiger partial charge on any atom is 0.407 e. The standard InChI is InChI=1S/C37H40N4O5/c1-45-37(44)41-34(33(27-14-5-2-6-15-27)28-16-7-3-8-17-28)36(43)40-32-20-12-11-13-26(32)21-22-31-24-38-30(25-46-31)23-39-35(42)29-18-9-4-10-19-29/h2-20,30-31,33-34,38H,21-25H2,1H3,(H,39,42)(H,40,43)(H,41,44)/t30-,31-,34+/m1/s1. The Morgan fingerprint density at radius 2 is 1.46 bits per heavy atom. The van der Waals surface area contributed by atoms with Gasteiger partial charge in [-0.05, 0) is 47.7 Å². The van der Waals surface area contributed by atoms with Gasteiger partial charge >= 0.3 is 6.09 Å². The van der Waals surface area contributed by atoms with Crippen LogP contribution in [0.4, 0.5) is 10.5 Å². The molecule has 1 heterocycles. The SMILES string of the molecule is COC(=O)N[C@H](C(=O)Nc1ccccc1CC[C@@H]1CN[C@H](CNC(=O)c2ccccc2)CO1)C(c1ccccc1)c1ccccc1. The molecule has 0 spiro atoms. The van der Waals surface area contributed by atoms with Gasteiger partial charge in [-0.15, -0.1) is 0 Å². The number of methoxy groups -OCH3 is 1. The molecule has 0 bridgehead atoms. The Labute approximate surface area is 269 Å². The highest BCUT2D eigenvalue weighted by atomic mass is 16.5. The number of alkyl carbamates (subject to hydrolysis) is 1. The van der Waals surface area contributed by atoms with Crippen LogP contribution in [0, 0.1) is 0 Å². The molecule has 1 aliphatic heterocycles. The van der Waals surface area contributed by atoms with Gasteiger partial charge in [-0.3, -0.25) is 9.59 Å². The number of carbonyl (C=O) groups excluding carboxylic acids is 3. The van der Waals surface area contributed by atoms with Crippen molar-refractivity contribution in [2.24, 2.45) is 0 Å². The van der Waals surface area contributed by atoms with E-state index in [-0.39, 0.29) is 24.0 Å². The number of morpholine rings is 1. The second kappa shape index (κ2) is 16.4. The number of benzene rings is 4. The molecule has 4 aromatic carbocycles. The largest absolute Gasteiger partial charge is 0.453 e. The summed E-state index contributed by atoms with van der Waals surface area (Å²) in [5, 5.41) is 12.3. The van der Waals surface area contributed by atoms with E-state index in [4.69, 9.17) is 9.47 Å². The summed E-state index contributed by atoms with van der Waals surface area (Å²) in [4.78, 5) is 38.9. The Balaban J connectivity index is 1.22. The summed E-state index contributed by atoms with van der Waals surface area (Å²) in [7, 11) is 1.28. The van der Waals surface area contributed by atoms with E-state index in [2.05, 4.69) is 21.3 Å². The Hall–Kier alpha value is -4.99. The lowest BCUT2D eigenvalue weighted by Gasteiger charge is -2.31. The molecule has 5 rings (SSSR count). The van der Waals surface area contributed by atoms with E-state index in [9.17, 15) is 14.4 Å². The van der Waals surface area contributed by atoms with Gasteiger partial charge in [-0.25, -0.2) is 4.79 Å². The molecule has 3 amide bonds. The first-order valence-corrected chi connectivity index (χ1v) is 15.5. The number of hydrogen-bond acceptors (Lipinski definition) is 6. The van der Waals surface area contributed by atoms with Crippen molar-refractivity contribution in [3.8, 4) is 0 Å². The zero-order chi connectivity index (χ0) is 32.1. The van der Waals surface area contributed by atoms with Gasteiger partial charge in [0.2, 0.25) is 5.91 Å². The van der Waals surface area contributed by atoms with E-state index >= 15 is 0 Å². The van der Waals surface area contributed by atoms with Crippen LogP contribution in [0.15, 0.2) is 115 Å². The van der Waals surface area contributed by atoms with Crippen LogP contribution in [-0.4, -0.2) is 62.9 Å². The summed E-state index contributed by atoms with van der Waals surface area (Å²) in [6, 6.07) is 35.2. The van der Waals surface area contributed by atoms with Crippen LogP contribution >= 0.6 is 0 Å². The van der Waals surface area contributed by atoms with Crippen molar-refractivity contribution in [3.05, 3.63) is 138 Å². The van der Waals surface area contributed by atoms with Crippen molar-refractivity contribution in [1.29, 1.82) is 0 Å². The first kappa shape index (κ1) is 32.4. The topological polar surface area (TPSA) is 118 Å². The van der Waals surface area contributed by atoms with Crippen LogP contribution in [0.3, 0.4) is 0 Å². The van der Waals surface area contributed by atoms with Gasteiger partial charge in [0.25, 0.3) is 5.91 Å². The summed E-state index contributed by atoms with van der Waals surface area (Å²) in [5.41, 5.74) is 4.04. The molecule has 1 fully saturated rings. The minimum atomic E-state index is -0.949. The van der Waals surface area contributed by atoms with Crippen LogP contribution in [0.5, 0.6) is 0 Å². The minimum Gasteiger partial charge on any atom is -0.453 e. The zero-order valence-corrected chi connectivity index (χ0v) is 25.9. The summed E-state index contributed by atoms with van der Waals surface area (Å²) in [5.74, 6) is -0.918. The fourth-order valence-electron chi connectivity index (χ4n) is 5.66. The molecule has 9 heteroatoms. The predicted octanol–water partition coefficient (Wildman–Crippen LogP) is 4.90. The van der Waals surface area contributed by atoms with Crippen LogP contribution in [0.2, 0.25) is 0 Å². The number of nitrogens with one attached hydrogen (secondary N) is 4. The lowest BCUT2D eigenvalue weighted by molar-refractivity contribution is -0.118. The van der Waals surface area contributed by atoms with Crippen LogP contribution in [0.1, 0.15) is 39.4 Å². The molecule has 0 saturated carbocycles. The highest BCUT2D eigenvalue weighted by Crippen LogP contribution is 2.30. The molecule has 0 aromatic heterocycles. The number of rotatable bonds is 12. The van der Waals surface area contributed by atoms with Gasteiger partial charge in [0.05, 0.1) is 19.8 Å². The Morgan fingerprint density at radius 3 is 2.07 bits per heavy atom. The monoisotopic (exact) mass is 620 g/mol. The highest BCUT2D eigenvalue weighted by Gasteiger charge is 2.33. The highest BCUT2D eigenvalue weighted by molar-refractivity contribution is 5.98. The number of hydrogen-bond donors (Lipinski definition) is 4. The fourth-order valence-corrected chi connectivity index (χ4v) is 5.66. The third-order valence-electron chi connectivity index (χ3n) is 8.12. The smallest absolute Gasteiger partial charge is 0.407 e. The lowest BCUT2D eigenvalue weighted by atomic mass is 9.84. The molecule has 1 aliphatic rings. The Bertz CT molecular complexity index is 1520. The van der Waals surface area contributed by atoms with Gasteiger partial charge in [-0.1, -0.05) is 97.1 Å². The number of carbonyl (C=O) groups is 3. The zero-order valence-electron chi connectivity index (χ0n) is 25.9. The third-order valence-corrected chi connectivity index (χ3v) is 8.12. The van der Waals surface area contributed by atoms with E-state index in [1.165, 1.54) is 7.11 Å². The number of para-hydroxylation sites is 1. The summed E-state index contributed by atoms with van der Waals surface area (Å²) >= 11 is 0. The second-order valence-electron chi connectivity index (χ2n) is 11.2. The second-order valence-corrected chi connectivity index (χ2v) is 11.2. The maximum atomic E-state index is 14.0. The van der Waals surface area contributed by atoms with Crippen molar-refractivity contribution in [3.63, 3.8) is 0 Å². The maximum absolute atomic E-state index is 14.0. The first-order valence-electron chi connectivity index (χ1n) is 15.5. The van der Waals surface area contributed by atoms with Crippen LogP contribution in [0.25, 0.3) is 0 Å². The van der Waals surface area contributed by atoms with Crippen molar-refractivity contribution in [2.75, 3.05) is 32.1 Å². The number of anilines is 1. The average molecular weight is 621 g/mol. The third kappa shape index (κ3) is 8.80.